The average molecular weight is 396 g/mol. The average Bonchev–Trinajstić information content (AvgIpc) is 2.52. The van der Waals surface area contributed by atoms with Crippen molar-refractivity contribution in [2.45, 2.75) is 11.1 Å². The van der Waals surface area contributed by atoms with Gasteiger partial charge < -0.3 is 5.43 Å². The lowest BCUT2D eigenvalue weighted by Crippen LogP contribution is -2.30. The molecule has 0 bridgehead atoms. The van der Waals surface area contributed by atoms with E-state index in [0.29, 0.717) is 12.1 Å². The number of rotatable bonds is 5. The maximum Gasteiger partial charge on any atom is 0.416 e. The summed E-state index contributed by atoms with van der Waals surface area (Å²) in [7, 11) is -4.47. The second-order valence-corrected chi connectivity index (χ2v) is 6.74. The van der Waals surface area contributed by atoms with Crippen molar-refractivity contribution in [3.8, 4) is 0 Å². The number of benzene rings is 2. The van der Waals surface area contributed by atoms with Crippen LogP contribution in [0.4, 0.5) is 24.5 Å². The minimum atomic E-state index is -4.75. The number of nitrogens with one attached hydrogen (secondary N) is 2. The number of hydrogen-bond donors (Lipinski definition) is 2. The van der Waals surface area contributed by atoms with Crippen molar-refractivity contribution in [2.24, 2.45) is 0 Å². The Morgan fingerprint density at radius 3 is 2.40 bits per heavy atom. The molecule has 25 heavy (non-hydrogen) atoms. The maximum absolute atomic E-state index is 12.7. The van der Waals surface area contributed by atoms with Gasteiger partial charge in [-0.2, -0.15) is 13.2 Å². The van der Waals surface area contributed by atoms with E-state index in [1.165, 1.54) is 18.2 Å². The van der Waals surface area contributed by atoms with Crippen LogP contribution in [-0.4, -0.2) is 13.3 Å². The second-order valence-electron chi connectivity index (χ2n) is 4.68. The molecule has 0 unspecified atom stereocenters. The minimum Gasteiger partial charge on any atom is -0.308 e. The van der Waals surface area contributed by atoms with Crippen molar-refractivity contribution in [1.82, 2.24) is 4.83 Å². The van der Waals surface area contributed by atoms with Gasteiger partial charge in [0.2, 0.25) is 0 Å². The summed E-state index contributed by atoms with van der Waals surface area (Å²) >= 11 is 5.68. The van der Waals surface area contributed by atoms with E-state index in [-0.39, 0.29) is 11.4 Å². The van der Waals surface area contributed by atoms with Gasteiger partial charge in [0.25, 0.3) is 15.7 Å². The highest BCUT2D eigenvalue weighted by Gasteiger charge is 2.32. The van der Waals surface area contributed by atoms with Gasteiger partial charge in [0.1, 0.15) is 4.90 Å². The fourth-order valence-electron chi connectivity index (χ4n) is 1.76. The molecule has 0 saturated heterocycles. The number of alkyl halides is 3. The number of non-ortho nitro benzene ring substituents is 1. The summed E-state index contributed by atoms with van der Waals surface area (Å²) in [5, 5.41) is 10.3. The first-order valence-electron chi connectivity index (χ1n) is 6.40. The van der Waals surface area contributed by atoms with Crippen LogP contribution in [0.15, 0.2) is 47.4 Å². The van der Waals surface area contributed by atoms with Gasteiger partial charge >= 0.3 is 6.18 Å². The van der Waals surface area contributed by atoms with Gasteiger partial charge in [0.15, 0.2) is 0 Å². The summed E-state index contributed by atoms with van der Waals surface area (Å²) in [6.07, 6.45) is -4.75. The molecule has 0 saturated carbocycles. The van der Waals surface area contributed by atoms with E-state index in [9.17, 15) is 31.7 Å². The van der Waals surface area contributed by atoms with E-state index >= 15 is 0 Å². The minimum absolute atomic E-state index is 0.0147. The Bertz CT molecular complexity index is 919. The SMILES string of the molecule is O=[N+]([O-])c1cccc(NNS(=O)(=O)c2cc(C(F)(F)F)ccc2Cl)c1. The van der Waals surface area contributed by atoms with E-state index in [2.05, 4.69) is 5.43 Å². The Morgan fingerprint density at radius 1 is 1.12 bits per heavy atom. The van der Waals surface area contributed by atoms with Gasteiger partial charge in [-0.25, -0.2) is 8.42 Å². The summed E-state index contributed by atoms with van der Waals surface area (Å²) in [6, 6.07) is 6.69. The highest BCUT2D eigenvalue weighted by atomic mass is 35.5. The second kappa shape index (κ2) is 6.86. The molecule has 0 aliphatic heterocycles. The summed E-state index contributed by atoms with van der Waals surface area (Å²) < 4.78 is 62.5. The Labute approximate surface area is 144 Å². The molecule has 2 rings (SSSR count). The fourth-order valence-corrected chi connectivity index (χ4v) is 3.16. The summed E-state index contributed by atoms with van der Waals surface area (Å²) in [6.45, 7) is 0. The fraction of sp³-hybridized carbons (Fsp3) is 0.0769. The summed E-state index contributed by atoms with van der Waals surface area (Å²) in [4.78, 5) is 11.0. The molecule has 2 aromatic rings. The lowest BCUT2D eigenvalue weighted by molar-refractivity contribution is -0.384. The molecular formula is C13H9ClF3N3O4S. The van der Waals surface area contributed by atoms with Crippen LogP contribution in [0.3, 0.4) is 0 Å². The number of anilines is 1. The molecule has 0 aliphatic rings. The van der Waals surface area contributed by atoms with Gasteiger partial charge in [-0.3, -0.25) is 10.1 Å². The monoisotopic (exact) mass is 395 g/mol. The molecule has 0 spiro atoms. The van der Waals surface area contributed by atoms with Crippen molar-refractivity contribution >= 4 is 33.0 Å². The number of halogens is 4. The van der Waals surface area contributed by atoms with Gasteiger partial charge in [0, 0.05) is 12.1 Å². The first-order chi connectivity index (χ1) is 11.5. The lowest BCUT2D eigenvalue weighted by Gasteiger charge is -2.13. The van der Waals surface area contributed by atoms with Crippen LogP contribution < -0.4 is 10.3 Å². The van der Waals surface area contributed by atoms with E-state index in [1.807, 2.05) is 4.83 Å². The number of hydrazine groups is 1. The van der Waals surface area contributed by atoms with Gasteiger partial charge in [-0.15, -0.1) is 4.83 Å². The molecule has 0 atom stereocenters. The van der Waals surface area contributed by atoms with Crippen LogP contribution in [0, 0.1) is 10.1 Å². The lowest BCUT2D eigenvalue weighted by atomic mass is 10.2. The van der Waals surface area contributed by atoms with Crippen LogP contribution in [-0.2, 0) is 16.2 Å². The molecule has 134 valence electrons. The Morgan fingerprint density at radius 2 is 1.80 bits per heavy atom. The molecule has 0 heterocycles. The molecule has 0 aromatic heterocycles. The zero-order chi connectivity index (χ0) is 18.8. The normalized spacial score (nSPS) is 12.0. The highest BCUT2D eigenvalue weighted by Crippen LogP contribution is 2.33. The summed E-state index contributed by atoms with van der Waals surface area (Å²) in [5.74, 6) is 0. The van der Waals surface area contributed by atoms with Crippen molar-refractivity contribution in [2.75, 3.05) is 5.43 Å². The van der Waals surface area contributed by atoms with Crippen LogP contribution in [0.2, 0.25) is 5.02 Å². The van der Waals surface area contributed by atoms with Crippen molar-refractivity contribution in [3.05, 3.63) is 63.2 Å². The zero-order valence-corrected chi connectivity index (χ0v) is 13.6. The topological polar surface area (TPSA) is 101 Å². The number of nitro benzene ring substituents is 1. The summed E-state index contributed by atoms with van der Waals surface area (Å²) in [5.41, 5.74) is 0.705. The maximum atomic E-state index is 12.7. The predicted molar refractivity (Wildman–Crippen MR) is 83.5 cm³/mol. The van der Waals surface area contributed by atoms with Crippen molar-refractivity contribution in [1.29, 1.82) is 0 Å². The highest BCUT2D eigenvalue weighted by molar-refractivity contribution is 7.89. The largest absolute Gasteiger partial charge is 0.416 e. The van der Waals surface area contributed by atoms with Crippen LogP contribution >= 0.6 is 11.6 Å². The van der Waals surface area contributed by atoms with Gasteiger partial charge in [0.05, 0.1) is 21.2 Å². The van der Waals surface area contributed by atoms with Crippen molar-refractivity contribution < 1.29 is 26.5 Å². The molecule has 7 nitrogen and oxygen atoms in total. The Balaban J connectivity index is 2.28. The standard InChI is InChI=1S/C13H9ClF3N3O4S/c14-11-5-4-8(13(15,16)17)6-12(11)25(23,24)19-18-9-2-1-3-10(7-9)20(21)22/h1-7,18-19H. The number of nitrogens with zero attached hydrogens (tertiary/aromatic N) is 1. The van der Waals surface area contributed by atoms with E-state index in [4.69, 9.17) is 11.6 Å². The quantitative estimate of drug-likeness (QED) is 0.595. The molecule has 0 aliphatic carbocycles. The predicted octanol–water partition coefficient (Wildman–Crippen LogP) is 3.57. The first kappa shape index (κ1) is 19.0. The molecule has 0 radical (unpaired) electrons. The molecular weight excluding hydrogens is 387 g/mol. The number of nitro groups is 1. The third-order valence-corrected chi connectivity index (χ3v) is 4.66. The van der Waals surface area contributed by atoms with Gasteiger partial charge in [-0.05, 0) is 24.3 Å². The molecule has 2 N–H and O–H groups in total. The van der Waals surface area contributed by atoms with Crippen LogP contribution in [0.1, 0.15) is 5.56 Å². The molecule has 2 aromatic carbocycles. The third-order valence-electron chi connectivity index (χ3n) is 2.93. The molecule has 12 heteroatoms. The van der Waals surface area contributed by atoms with Gasteiger partial charge in [-0.1, -0.05) is 17.7 Å². The Hall–Kier alpha value is -2.37. The number of sulfonamides is 1. The Kier molecular flexibility index (Phi) is 5.20. The van der Waals surface area contributed by atoms with E-state index in [1.54, 1.807) is 0 Å². The molecule has 0 fully saturated rings. The van der Waals surface area contributed by atoms with E-state index in [0.717, 1.165) is 12.1 Å². The van der Waals surface area contributed by atoms with Crippen molar-refractivity contribution in [3.63, 3.8) is 0 Å². The number of hydrogen-bond acceptors (Lipinski definition) is 5. The third kappa shape index (κ3) is 4.59. The van der Waals surface area contributed by atoms with Crippen LogP contribution in [0.25, 0.3) is 0 Å². The van der Waals surface area contributed by atoms with E-state index < -0.39 is 36.6 Å². The van der Waals surface area contributed by atoms with Crippen LogP contribution in [0.5, 0.6) is 0 Å². The smallest absolute Gasteiger partial charge is 0.308 e. The molecule has 0 amide bonds. The first-order valence-corrected chi connectivity index (χ1v) is 8.26. The zero-order valence-electron chi connectivity index (χ0n) is 12.0.